The molecule has 0 saturated heterocycles. The van der Waals surface area contributed by atoms with Crippen LogP contribution in [0.2, 0.25) is 0 Å². The van der Waals surface area contributed by atoms with Crippen molar-refractivity contribution in [1.29, 1.82) is 0 Å². The van der Waals surface area contributed by atoms with Gasteiger partial charge in [0.25, 0.3) is 5.91 Å². The summed E-state index contributed by atoms with van der Waals surface area (Å²) in [5, 5.41) is 7.18. The van der Waals surface area contributed by atoms with Crippen molar-refractivity contribution in [3.8, 4) is 5.75 Å². The zero-order valence-corrected chi connectivity index (χ0v) is 19.2. The van der Waals surface area contributed by atoms with Crippen LogP contribution in [-0.2, 0) is 25.1 Å². The van der Waals surface area contributed by atoms with Crippen LogP contribution in [0.4, 0.5) is 0 Å². The monoisotopic (exact) mass is 443 g/mol. The first-order valence-corrected chi connectivity index (χ1v) is 11.1. The zero-order valence-electron chi connectivity index (χ0n) is 19.2. The molecule has 6 heteroatoms. The first-order valence-electron chi connectivity index (χ1n) is 11.1. The van der Waals surface area contributed by atoms with Crippen molar-refractivity contribution in [2.45, 2.75) is 45.9 Å². The third-order valence-corrected chi connectivity index (χ3v) is 5.79. The van der Waals surface area contributed by atoms with E-state index in [1.165, 1.54) is 11.1 Å². The lowest BCUT2D eigenvalue weighted by Gasteiger charge is -2.26. The van der Waals surface area contributed by atoms with Crippen LogP contribution >= 0.6 is 0 Å². The number of nitrogens with zero attached hydrogens (tertiary/aromatic N) is 2. The minimum atomic E-state index is -0.278. The van der Waals surface area contributed by atoms with E-state index in [4.69, 9.17) is 9.15 Å². The fourth-order valence-electron chi connectivity index (χ4n) is 3.65. The molecular formula is C27H29N3O3. The van der Waals surface area contributed by atoms with Crippen molar-refractivity contribution >= 4 is 5.91 Å². The Hall–Kier alpha value is -3.80. The molecule has 0 aliphatic carbocycles. The Labute approximate surface area is 194 Å². The first kappa shape index (κ1) is 22.4. The first-order chi connectivity index (χ1) is 16.0. The summed E-state index contributed by atoms with van der Waals surface area (Å²) in [7, 11) is 0. The number of aryl methyl sites for hydroxylation is 1. The molecule has 0 aliphatic heterocycles. The quantitative estimate of drug-likeness (QED) is 0.380. The summed E-state index contributed by atoms with van der Waals surface area (Å²) in [6.07, 6.45) is 1.89. The van der Waals surface area contributed by atoms with E-state index in [2.05, 4.69) is 60.7 Å². The summed E-state index contributed by atoms with van der Waals surface area (Å²) >= 11 is 0. The number of amides is 1. The Morgan fingerprint density at radius 1 is 1.00 bits per heavy atom. The molecule has 6 nitrogen and oxygen atoms in total. The summed E-state index contributed by atoms with van der Waals surface area (Å²) in [5.74, 6) is 1.31. The van der Waals surface area contributed by atoms with Crippen LogP contribution < -0.4 is 10.1 Å². The fraction of sp³-hybridized carbons (Fsp3) is 0.259. The highest BCUT2D eigenvalue weighted by molar-refractivity contribution is 5.91. The molecule has 0 saturated carbocycles. The molecule has 0 unspecified atom stereocenters. The zero-order chi connectivity index (χ0) is 23.3. The van der Waals surface area contributed by atoms with E-state index in [0.29, 0.717) is 12.3 Å². The number of hydrogen-bond acceptors (Lipinski definition) is 4. The normalized spacial score (nSPS) is 11.4. The van der Waals surface area contributed by atoms with Gasteiger partial charge in [-0.15, -0.1) is 0 Å². The van der Waals surface area contributed by atoms with Gasteiger partial charge in [-0.3, -0.25) is 9.48 Å². The van der Waals surface area contributed by atoms with Crippen molar-refractivity contribution in [1.82, 2.24) is 15.1 Å². The van der Waals surface area contributed by atoms with Gasteiger partial charge in [-0.1, -0.05) is 56.3 Å². The van der Waals surface area contributed by atoms with Crippen LogP contribution in [0, 0.1) is 0 Å². The van der Waals surface area contributed by atoms with Crippen molar-refractivity contribution in [3.05, 3.63) is 107 Å². The van der Waals surface area contributed by atoms with Crippen LogP contribution in [0.3, 0.4) is 0 Å². The summed E-state index contributed by atoms with van der Waals surface area (Å²) in [5.41, 5.74) is 3.18. The van der Waals surface area contributed by atoms with Gasteiger partial charge in [0.15, 0.2) is 5.76 Å². The number of ether oxygens (including phenoxy) is 1. The number of hydrogen-bond donors (Lipinski definition) is 1. The van der Waals surface area contributed by atoms with E-state index in [-0.39, 0.29) is 23.7 Å². The van der Waals surface area contributed by atoms with Gasteiger partial charge in [-0.2, -0.15) is 5.10 Å². The third-order valence-electron chi connectivity index (χ3n) is 5.79. The molecule has 2 aromatic carbocycles. The van der Waals surface area contributed by atoms with E-state index in [9.17, 15) is 4.79 Å². The summed E-state index contributed by atoms with van der Waals surface area (Å²) in [4.78, 5) is 12.4. The third kappa shape index (κ3) is 5.34. The van der Waals surface area contributed by atoms with E-state index in [1.807, 2.05) is 42.1 Å². The van der Waals surface area contributed by atoms with Gasteiger partial charge in [0.2, 0.25) is 0 Å². The summed E-state index contributed by atoms with van der Waals surface area (Å²) < 4.78 is 13.3. The predicted molar refractivity (Wildman–Crippen MR) is 127 cm³/mol. The molecule has 1 amide bonds. The van der Waals surface area contributed by atoms with Gasteiger partial charge in [-0.25, -0.2) is 0 Å². The number of carbonyl (C=O) groups is 1. The lowest BCUT2D eigenvalue weighted by atomic mass is 9.78. The van der Waals surface area contributed by atoms with Crippen LogP contribution in [0.15, 0.2) is 83.4 Å². The fourth-order valence-corrected chi connectivity index (χ4v) is 3.65. The molecule has 0 fully saturated rings. The molecule has 170 valence electrons. The van der Waals surface area contributed by atoms with Gasteiger partial charge in [0.1, 0.15) is 18.1 Å². The molecule has 0 atom stereocenters. The minimum absolute atomic E-state index is 0.0995. The SMILES string of the molecule is CCn1ccc(CNC(=O)c2ccc(COc3ccc(C(C)(C)c4ccccc4)cc3)o2)n1. The van der Waals surface area contributed by atoms with Gasteiger partial charge in [0, 0.05) is 18.2 Å². The number of aromatic nitrogens is 2. The van der Waals surface area contributed by atoms with E-state index < -0.39 is 0 Å². The minimum Gasteiger partial charge on any atom is -0.486 e. The Balaban J connectivity index is 1.31. The van der Waals surface area contributed by atoms with Gasteiger partial charge in [0.05, 0.1) is 12.2 Å². The average Bonchev–Trinajstić information content (AvgIpc) is 3.52. The number of furan rings is 1. The van der Waals surface area contributed by atoms with E-state index >= 15 is 0 Å². The standard InChI is InChI=1S/C27H29N3O3/c1-4-30-17-16-22(29-30)18-28-26(31)25-15-14-24(33-25)19-32-23-12-10-21(11-13-23)27(2,3)20-8-6-5-7-9-20/h5-17H,4,18-19H2,1-3H3,(H,28,31). The van der Waals surface area contributed by atoms with Gasteiger partial charge < -0.3 is 14.5 Å². The molecule has 0 radical (unpaired) electrons. The van der Waals surface area contributed by atoms with Gasteiger partial charge >= 0.3 is 0 Å². The maximum Gasteiger partial charge on any atom is 0.287 e. The number of carbonyl (C=O) groups excluding carboxylic acids is 1. The van der Waals surface area contributed by atoms with Crippen molar-refractivity contribution in [2.75, 3.05) is 0 Å². The smallest absolute Gasteiger partial charge is 0.287 e. The van der Waals surface area contributed by atoms with Gasteiger partial charge in [-0.05, 0) is 48.4 Å². The van der Waals surface area contributed by atoms with E-state index in [1.54, 1.807) is 12.1 Å². The second kappa shape index (κ2) is 9.77. The topological polar surface area (TPSA) is 69.3 Å². The maximum absolute atomic E-state index is 12.4. The van der Waals surface area contributed by atoms with Crippen molar-refractivity contribution in [2.24, 2.45) is 0 Å². The van der Waals surface area contributed by atoms with Crippen LogP contribution in [0.1, 0.15) is 53.9 Å². The summed E-state index contributed by atoms with van der Waals surface area (Å²) in [6, 6.07) is 23.8. The molecule has 33 heavy (non-hydrogen) atoms. The van der Waals surface area contributed by atoms with Crippen molar-refractivity contribution in [3.63, 3.8) is 0 Å². The average molecular weight is 444 g/mol. The molecule has 4 rings (SSSR count). The molecule has 0 bridgehead atoms. The lowest BCUT2D eigenvalue weighted by molar-refractivity contribution is 0.0918. The highest BCUT2D eigenvalue weighted by atomic mass is 16.5. The second-order valence-electron chi connectivity index (χ2n) is 8.42. The maximum atomic E-state index is 12.4. The molecule has 1 N–H and O–H groups in total. The molecule has 2 heterocycles. The van der Waals surface area contributed by atoms with Crippen LogP contribution in [0.5, 0.6) is 5.75 Å². The second-order valence-corrected chi connectivity index (χ2v) is 8.42. The number of benzene rings is 2. The predicted octanol–water partition coefficient (Wildman–Crippen LogP) is 5.33. The largest absolute Gasteiger partial charge is 0.486 e. The molecule has 4 aromatic rings. The molecular weight excluding hydrogens is 414 g/mol. The Morgan fingerprint density at radius 3 is 2.42 bits per heavy atom. The van der Waals surface area contributed by atoms with Crippen LogP contribution in [0.25, 0.3) is 0 Å². The Bertz CT molecular complexity index is 1190. The highest BCUT2D eigenvalue weighted by Crippen LogP contribution is 2.32. The van der Waals surface area contributed by atoms with Crippen LogP contribution in [-0.4, -0.2) is 15.7 Å². The number of nitrogens with one attached hydrogen (secondary N) is 1. The number of rotatable bonds is 9. The Kier molecular flexibility index (Phi) is 6.63. The molecule has 0 aliphatic rings. The Morgan fingerprint density at radius 2 is 1.73 bits per heavy atom. The summed E-state index contributed by atoms with van der Waals surface area (Å²) in [6.45, 7) is 7.83. The van der Waals surface area contributed by atoms with E-state index in [0.717, 1.165) is 18.0 Å². The molecule has 2 aromatic heterocycles. The highest BCUT2D eigenvalue weighted by Gasteiger charge is 2.22. The molecule has 0 spiro atoms. The van der Waals surface area contributed by atoms with Crippen molar-refractivity contribution < 1.29 is 13.9 Å². The lowest BCUT2D eigenvalue weighted by Crippen LogP contribution is -2.22.